The Morgan fingerprint density at radius 1 is 0.784 bits per heavy atom. The van der Waals surface area contributed by atoms with Crippen molar-refractivity contribution in [1.82, 2.24) is 9.80 Å². The van der Waals surface area contributed by atoms with Gasteiger partial charge < -0.3 is 31.5 Å². The second-order valence-electron chi connectivity index (χ2n) is 10.3. The van der Waals surface area contributed by atoms with Gasteiger partial charge in [-0.05, 0) is 87.6 Å². The van der Waals surface area contributed by atoms with Crippen molar-refractivity contribution in [2.75, 3.05) is 62.0 Å². The van der Waals surface area contributed by atoms with E-state index in [1.54, 1.807) is 6.07 Å². The van der Waals surface area contributed by atoms with Gasteiger partial charge in [-0.3, -0.25) is 14.4 Å². The molecule has 2 aromatic rings. The number of amides is 2. The Hall–Kier alpha value is -3.43. The molecule has 0 radical (unpaired) electrons. The van der Waals surface area contributed by atoms with E-state index in [-0.39, 0.29) is 11.8 Å². The number of Topliss-reactive ketones (excluding diaryl/α,β-unsaturated/α-hetero) is 1. The van der Waals surface area contributed by atoms with Gasteiger partial charge in [-0.2, -0.15) is 0 Å². The Kier molecular flexibility index (Phi) is 8.78. The molecule has 4 aliphatic heterocycles. The number of benzene rings is 2. The SMILES string of the molecule is CN1CCC(=O)CC1.CN1CCC(Nc2ccc3c(c2)CC(=O)N3)CC1.Nc1ccc2c(c1)CC(=O)N2. The van der Waals surface area contributed by atoms with Gasteiger partial charge in [0, 0.05) is 54.7 Å². The van der Waals surface area contributed by atoms with E-state index < -0.39 is 0 Å². The number of nitrogens with zero attached hydrogens (tertiary/aromatic N) is 2. The van der Waals surface area contributed by atoms with E-state index in [2.05, 4.69) is 44.9 Å². The largest absolute Gasteiger partial charge is 0.399 e. The predicted molar refractivity (Wildman–Crippen MR) is 148 cm³/mol. The summed E-state index contributed by atoms with van der Waals surface area (Å²) in [5, 5.41) is 9.17. The van der Waals surface area contributed by atoms with E-state index in [0.29, 0.717) is 30.4 Å². The first-order valence-corrected chi connectivity index (χ1v) is 13.0. The Morgan fingerprint density at radius 2 is 1.32 bits per heavy atom. The number of fused-ring (bicyclic) bond motifs is 2. The highest BCUT2D eigenvalue weighted by Gasteiger charge is 2.20. The molecule has 9 nitrogen and oxygen atoms in total. The van der Waals surface area contributed by atoms with Crippen molar-refractivity contribution in [1.29, 1.82) is 0 Å². The van der Waals surface area contributed by atoms with Crippen LogP contribution in [0.15, 0.2) is 36.4 Å². The molecule has 0 aliphatic carbocycles. The molecule has 0 aromatic heterocycles. The number of hydrogen-bond acceptors (Lipinski definition) is 7. The van der Waals surface area contributed by atoms with Crippen LogP contribution in [-0.2, 0) is 27.2 Å². The fourth-order valence-electron chi connectivity index (χ4n) is 4.82. The standard InChI is InChI=1S/C14H19N3O.C8H8N2O.C6H11NO/c1-17-6-4-11(5-7-17)15-12-2-3-13-10(8-12)9-14(18)16-13;9-6-1-2-7-5(3-6)4-8(11)10-7;1-7-4-2-6(8)3-5-7/h2-3,8,11,15H,4-7,9H2,1H3,(H,16,18);1-3H,4,9H2,(H,10,11);2-5H2,1H3. The average molecular weight is 507 g/mol. The zero-order valence-corrected chi connectivity index (χ0v) is 21.8. The number of nitrogen functional groups attached to an aromatic ring is 1. The topological polar surface area (TPSA) is 120 Å². The van der Waals surface area contributed by atoms with Gasteiger partial charge in [0.1, 0.15) is 5.78 Å². The van der Waals surface area contributed by atoms with Crippen molar-refractivity contribution in [2.24, 2.45) is 0 Å². The van der Waals surface area contributed by atoms with E-state index in [9.17, 15) is 14.4 Å². The van der Waals surface area contributed by atoms with Gasteiger partial charge in [0.15, 0.2) is 0 Å². The molecule has 0 atom stereocenters. The van der Waals surface area contributed by atoms with Crippen LogP contribution in [0.3, 0.4) is 0 Å². The number of hydrogen-bond donors (Lipinski definition) is 4. The van der Waals surface area contributed by atoms with Crippen molar-refractivity contribution in [3.05, 3.63) is 47.5 Å². The lowest BCUT2D eigenvalue weighted by Gasteiger charge is -2.30. The third-order valence-electron chi connectivity index (χ3n) is 7.12. The number of nitrogens with one attached hydrogen (secondary N) is 3. The lowest BCUT2D eigenvalue weighted by molar-refractivity contribution is -0.121. The normalized spacial score (nSPS) is 19.5. The fraction of sp³-hybridized carbons (Fsp3) is 0.464. The molecule has 0 spiro atoms. The summed E-state index contributed by atoms with van der Waals surface area (Å²) in [6, 6.07) is 12.2. The molecule has 0 saturated carbocycles. The van der Waals surface area contributed by atoms with Crippen LogP contribution in [-0.4, -0.2) is 73.7 Å². The fourth-order valence-corrected chi connectivity index (χ4v) is 4.82. The molecule has 2 fully saturated rings. The molecule has 2 aromatic carbocycles. The highest BCUT2D eigenvalue weighted by atomic mass is 16.2. The summed E-state index contributed by atoms with van der Waals surface area (Å²) in [5.74, 6) is 0.565. The van der Waals surface area contributed by atoms with Crippen molar-refractivity contribution in [3.8, 4) is 0 Å². The van der Waals surface area contributed by atoms with Gasteiger partial charge >= 0.3 is 0 Å². The van der Waals surface area contributed by atoms with Gasteiger partial charge in [0.25, 0.3) is 0 Å². The van der Waals surface area contributed by atoms with Crippen molar-refractivity contribution in [2.45, 2.75) is 44.6 Å². The molecule has 2 saturated heterocycles. The quantitative estimate of drug-likeness (QED) is 0.463. The second-order valence-corrected chi connectivity index (χ2v) is 10.3. The van der Waals surface area contributed by atoms with Gasteiger partial charge in [-0.15, -0.1) is 0 Å². The van der Waals surface area contributed by atoms with Crippen molar-refractivity contribution >= 4 is 40.3 Å². The van der Waals surface area contributed by atoms with Crippen LogP contribution in [0.2, 0.25) is 0 Å². The minimum atomic E-state index is 0.0469. The molecular weight excluding hydrogens is 468 g/mol. The van der Waals surface area contributed by atoms with Gasteiger partial charge in [-0.25, -0.2) is 0 Å². The molecule has 9 heteroatoms. The van der Waals surface area contributed by atoms with E-state index in [1.165, 1.54) is 12.8 Å². The van der Waals surface area contributed by atoms with Crippen molar-refractivity contribution < 1.29 is 14.4 Å². The molecular formula is C28H38N6O3. The average Bonchev–Trinajstić information content (AvgIpc) is 3.43. The first kappa shape index (κ1) is 26.6. The highest BCUT2D eigenvalue weighted by Crippen LogP contribution is 2.27. The van der Waals surface area contributed by atoms with Gasteiger partial charge in [0.2, 0.25) is 11.8 Å². The molecule has 4 heterocycles. The van der Waals surface area contributed by atoms with Gasteiger partial charge in [0.05, 0.1) is 12.8 Å². The summed E-state index contributed by atoms with van der Waals surface area (Å²) in [6.45, 7) is 4.23. The van der Waals surface area contributed by atoms with E-state index >= 15 is 0 Å². The van der Waals surface area contributed by atoms with Crippen LogP contribution in [0, 0.1) is 0 Å². The number of ketones is 1. The Morgan fingerprint density at radius 3 is 1.92 bits per heavy atom. The number of rotatable bonds is 2. The zero-order valence-electron chi connectivity index (χ0n) is 21.8. The third-order valence-corrected chi connectivity index (χ3v) is 7.12. The first-order chi connectivity index (χ1) is 17.7. The maximum atomic E-state index is 11.3. The molecule has 0 unspecified atom stereocenters. The number of piperidine rings is 2. The second kappa shape index (κ2) is 12.2. The van der Waals surface area contributed by atoms with Crippen LogP contribution in [0.5, 0.6) is 0 Å². The van der Waals surface area contributed by atoms with Crippen molar-refractivity contribution in [3.63, 3.8) is 0 Å². The molecule has 37 heavy (non-hydrogen) atoms. The first-order valence-electron chi connectivity index (χ1n) is 13.0. The summed E-state index contributed by atoms with van der Waals surface area (Å²) in [7, 11) is 4.22. The van der Waals surface area contributed by atoms with Crippen LogP contribution < -0.4 is 21.7 Å². The number of likely N-dealkylation sites (tertiary alicyclic amines) is 2. The van der Waals surface area contributed by atoms with Crippen LogP contribution in [0.1, 0.15) is 36.8 Å². The molecule has 2 amide bonds. The van der Waals surface area contributed by atoms with E-state index in [4.69, 9.17) is 5.73 Å². The minimum Gasteiger partial charge on any atom is -0.399 e. The Labute approximate surface area is 218 Å². The summed E-state index contributed by atoms with van der Waals surface area (Å²) < 4.78 is 0. The van der Waals surface area contributed by atoms with Gasteiger partial charge in [-0.1, -0.05) is 0 Å². The van der Waals surface area contributed by atoms with E-state index in [0.717, 1.165) is 67.2 Å². The summed E-state index contributed by atoms with van der Waals surface area (Å²) in [5.41, 5.74) is 11.3. The van der Waals surface area contributed by atoms with Crippen LogP contribution >= 0.6 is 0 Å². The summed E-state index contributed by atoms with van der Waals surface area (Å²) in [4.78, 5) is 37.3. The molecule has 0 bridgehead atoms. The summed E-state index contributed by atoms with van der Waals surface area (Å²) >= 11 is 0. The number of nitrogens with two attached hydrogens (primary N) is 1. The number of carbonyl (C=O) groups excluding carboxylic acids is 3. The number of carbonyl (C=O) groups is 3. The minimum absolute atomic E-state index is 0.0469. The lowest BCUT2D eigenvalue weighted by atomic mass is 10.0. The summed E-state index contributed by atoms with van der Waals surface area (Å²) in [6.07, 6.45) is 4.86. The van der Waals surface area contributed by atoms with Crippen LogP contribution in [0.4, 0.5) is 22.7 Å². The lowest BCUT2D eigenvalue weighted by Crippen LogP contribution is -2.36. The Bertz CT molecular complexity index is 1130. The molecule has 198 valence electrons. The smallest absolute Gasteiger partial charge is 0.228 e. The zero-order chi connectivity index (χ0) is 26.4. The Balaban J connectivity index is 0.000000143. The van der Waals surface area contributed by atoms with Crippen LogP contribution in [0.25, 0.3) is 0 Å². The molecule has 6 rings (SSSR count). The molecule has 5 N–H and O–H groups in total. The van der Waals surface area contributed by atoms with E-state index in [1.807, 2.05) is 25.2 Å². The monoisotopic (exact) mass is 506 g/mol. The maximum Gasteiger partial charge on any atom is 0.228 e. The molecule has 4 aliphatic rings. The number of anilines is 4. The maximum absolute atomic E-state index is 11.3. The third kappa shape index (κ3) is 7.77. The predicted octanol–water partition coefficient (Wildman–Crippen LogP) is 2.73. The highest BCUT2D eigenvalue weighted by molar-refractivity contribution is 6.00.